The number of anilines is 2. The maximum atomic E-state index is 12.9. The van der Waals surface area contributed by atoms with Crippen molar-refractivity contribution in [2.45, 2.75) is 0 Å². The molecule has 0 saturated carbocycles. The number of nitrogen functional groups attached to an aromatic ring is 2. The number of hydrogen-bond acceptors (Lipinski definition) is 6. The molecule has 18 heavy (non-hydrogen) atoms. The lowest BCUT2D eigenvalue weighted by molar-refractivity contribution is 0.461. The third-order valence-corrected chi connectivity index (χ3v) is 2.27. The van der Waals surface area contributed by atoms with Gasteiger partial charge in [0, 0.05) is 6.07 Å². The van der Waals surface area contributed by atoms with Crippen LogP contribution < -0.4 is 21.7 Å². The van der Waals surface area contributed by atoms with Crippen LogP contribution in [0.3, 0.4) is 0 Å². The molecule has 8 heteroatoms. The monoisotopic (exact) mass is 269 g/mol. The van der Waals surface area contributed by atoms with E-state index in [1.165, 1.54) is 18.2 Å². The van der Waals surface area contributed by atoms with Gasteiger partial charge in [-0.2, -0.15) is 9.97 Å². The van der Waals surface area contributed by atoms with Crippen molar-refractivity contribution >= 4 is 23.4 Å². The summed E-state index contributed by atoms with van der Waals surface area (Å²) in [6, 6.07) is 5.15. The first-order valence-electron chi connectivity index (χ1n) is 4.82. The molecule has 0 spiro atoms. The highest BCUT2D eigenvalue weighted by molar-refractivity contribution is 6.32. The second kappa shape index (κ2) is 5.03. The molecule has 0 radical (unpaired) electrons. The number of hydrogen-bond donors (Lipinski definition) is 3. The third kappa shape index (κ3) is 2.76. The highest BCUT2D eigenvalue weighted by atomic mass is 35.5. The highest BCUT2D eigenvalue weighted by Gasteiger charge is 2.07. The molecule has 0 atom stereocenters. The lowest BCUT2D eigenvalue weighted by Gasteiger charge is -2.08. The molecule has 1 aromatic carbocycles. The zero-order valence-corrected chi connectivity index (χ0v) is 9.78. The number of hydrazine groups is 1. The molecular weight excluding hydrogens is 261 g/mol. The van der Waals surface area contributed by atoms with E-state index in [-0.39, 0.29) is 28.4 Å². The number of benzene rings is 1. The van der Waals surface area contributed by atoms with E-state index in [9.17, 15) is 4.39 Å². The molecule has 5 N–H and O–H groups in total. The molecule has 6 nitrogen and oxygen atoms in total. The number of rotatable bonds is 3. The lowest BCUT2D eigenvalue weighted by Crippen LogP contribution is -2.10. The Balaban J connectivity index is 2.30. The first-order chi connectivity index (χ1) is 8.58. The molecule has 1 heterocycles. The van der Waals surface area contributed by atoms with Crippen LogP contribution in [0.15, 0.2) is 24.3 Å². The van der Waals surface area contributed by atoms with Gasteiger partial charge in [-0.3, -0.25) is 0 Å². The zero-order valence-electron chi connectivity index (χ0n) is 9.02. The number of ether oxygens (including phenoxy) is 1. The first-order valence-corrected chi connectivity index (χ1v) is 5.20. The van der Waals surface area contributed by atoms with Gasteiger partial charge in [-0.25, -0.2) is 10.2 Å². The average Bonchev–Trinajstić information content (AvgIpc) is 2.32. The minimum atomic E-state index is -0.459. The van der Waals surface area contributed by atoms with Crippen molar-refractivity contribution in [1.82, 2.24) is 9.97 Å². The Morgan fingerprint density at radius 1 is 1.28 bits per heavy atom. The van der Waals surface area contributed by atoms with E-state index in [0.717, 1.165) is 6.07 Å². The minimum Gasteiger partial charge on any atom is -0.437 e. The Morgan fingerprint density at radius 3 is 2.72 bits per heavy atom. The van der Waals surface area contributed by atoms with Gasteiger partial charge >= 0.3 is 0 Å². The summed E-state index contributed by atoms with van der Waals surface area (Å²) < 4.78 is 18.2. The maximum Gasteiger partial charge on any atom is 0.226 e. The van der Waals surface area contributed by atoms with Gasteiger partial charge in [0.1, 0.15) is 17.4 Å². The molecular formula is C10H9ClFN5O. The van der Waals surface area contributed by atoms with Gasteiger partial charge in [0.25, 0.3) is 0 Å². The SMILES string of the molecule is NNc1cc(Oc2ccc(F)cc2Cl)nc(N)n1. The van der Waals surface area contributed by atoms with Crippen molar-refractivity contribution in [2.75, 3.05) is 11.2 Å². The molecule has 0 bridgehead atoms. The molecule has 0 amide bonds. The van der Waals surface area contributed by atoms with Crippen molar-refractivity contribution in [3.8, 4) is 11.6 Å². The largest absolute Gasteiger partial charge is 0.437 e. The molecule has 0 aliphatic rings. The molecule has 94 valence electrons. The van der Waals surface area contributed by atoms with Crippen LogP contribution >= 0.6 is 11.6 Å². The fourth-order valence-electron chi connectivity index (χ4n) is 1.24. The van der Waals surface area contributed by atoms with Crippen molar-refractivity contribution in [3.05, 3.63) is 35.1 Å². The van der Waals surface area contributed by atoms with Crippen molar-refractivity contribution in [1.29, 1.82) is 0 Å². The molecule has 0 saturated heterocycles. The molecule has 2 aromatic rings. The molecule has 2 rings (SSSR count). The van der Waals surface area contributed by atoms with Gasteiger partial charge in [0.05, 0.1) is 5.02 Å². The summed E-state index contributed by atoms with van der Waals surface area (Å²) in [4.78, 5) is 7.63. The predicted octanol–water partition coefficient (Wildman–Crippen LogP) is 1.93. The van der Waals surface area contributed by atoms with Gasteiger partial charge in [-0.15, -0.1) is 0 Å². The van der Waals surface area contributed by atoms with Crippen molar-refractivity contribution in [2.24, 2.45) is 5.84 Å². The van der Waals surface area contributed by atoms with E-state index in [1.54, 1.807) is 0 Å². The van der Waals surface area contributed by atoms with Gasteiger partial charge in [-0.1, -0.05) is 11.6 Å². The van der Waals surface area contributed by atoms with Crippen LogP contribution in [-0.4, -0.2) is 9.97 Å². The van der Waals surface area contributed by atoms with Gasteiger partial charge in [0.15, 0.2) is 0 Å². The van der Waals surface area contributed by atoms with Crippen LogP contribution in [-0.2, 0) is 0 Å². The zero-order chi connectivity index (χ0) is 13.1. The second-order valence-electron chi connectivity index (χ2n) is 3.27. The summed E-state index contributed by atoms with van der Waals surface area (Å²) in [5.41, 5.74) is 7.77. The molecule has 0 unspecified atom stereocenters. The fraction of sp³-hybridized carbons (Fsp3) is 0. The van der Waals surface area contributed by atoms with Gasteiger partial charge in [0.2, 0.25) is 11.8 Å². The number of nitrogens with zero attached hydrogens (tertiary/aromatic N) is 2. The van der Waals surface area contributed by atoms with E-state index in [2.05, 4.69) is 15.4 Å². The fourth-order valence-corrected chi connectivity index (χ4v) is 1.45. The van der Waals surface area contributed by atoms with E-state index < -0.39 is 5.82 Å². The highest BCUT2D eigenvalue weighted by Crippen LogP contribution is 2.29. The molecule has 0 fully saturated rings. The summed E-state index contributed by atoms with van der Waals surface area (Å²) in [6.07, 6.45) is 0. The summed E-state index contributed by atoms with van der Waals surface area (Å²) in [7, 11) is 0. The van der Waals surface area contributed by atoms with Crippen LogP contribution in [0.2, 0.25) is 5.02 Å². The summed E-state index contributed by atoms with van der Waals surface area (Å²) in [5.74, 6) is 5.41. The van der Waals surface area contributed by atoms with E-state index >= 15 is 0 Å². The number of aromatic nitrogens is 2. The maximum absolute atomic E-state index is 12.9. The van der Waals surface area contributed by atoms with E-state index in [4.69, 9.17) is 27.9 Å². The predicted molar refractivity (Wildman–Crippen MR) is 65.7 cm³/mol. The van der Waals surface area contributed by atoms with Crippen molar-refractivity contribution < 1.29 is 9.13 Å². The third-order valence-electron chi connectivity index (χ3n) is 1.98. The van der Waals surface area contributed by atoms with Crippen molar-refractivity contribution in [3.63, 3.8) is 0 Å². The normalized spacial score (nSPS) is 10.2. The smallest absolute Gasteiger partial charge is 0.226 e. The quantitative estimate of drug-likeness (QED) is 0.582. The Kier molecular flexibility index (Phi) is 3.45. The van der Waals surface area contributed by atoms with Crippen LogP contribution in [0, 0.1) is 5.82 Å². The number of nitrogens with two attached hydrogens (primary N) is 2. The van der Waals surface area contributed by atoms with E-state index in [1.807, 2.05) is 0 Å². The Bertz CT molecular complexity index is 580. The summed E-state index contributed by atoms with van der Waals surface area (Å²) in [6.45, 7) is 0. The van der Waals surface area contributed by atoms with Gasteiger partial charge in [-0.05, 0) is 18.2 Å². The Hall–Kier alpha value is -2.12. The van der Waals surface area contributed by atoms with Crippen LogP contribution in [0.25, 0.3) is 0 Å². The molecule has 1 aromatic heterocycles. The lowest BCUT2D eigenvalue weighted by atomic mass is 10.3. The Morgan fingerprint density at radius 2 is 2.06 bits per heavy atom. The Labute approximate surface area is 107 Å². The van der Waals surface area contributed by atoms with Crippen LogP contribution in [0.1, 0.15) is 0 Å². The molecule has 0 aliphatic heterocycles. The van der Waals surface area contributed by atoms with Gasteiger partial charge < -0.3 is 15.9 Å². The standard InChI is InChI=1S/C10H9ClFN5O/c11-6-3-5(12)1-2-7(6)18-9-4-8(17-14)15-10(13)16-9/h1-4H,14H2,(H3,13,15,16,17). The minimum absolute atomic E-state index is 0.0151. The van der Waals surface area contributed by atoms with Crippen LogP contribution in [0.4, 0.5) is 16.2 Å². The number of nitrogens with one attached hydrogen (secondary N) is 1. The topological polar surface area (TPSA) is 99.1 Å². The second-order valence-corrected chi connectivity index (χ2v) is 3.68. The summed E-state index contributed by atoms with van der Waals surface area (Å²) in [5, 5.41) is 0.120. The molecule has 0 aliphatic carbocycles. The van der Waals surface area contributed by atoms with E-state index in [0.29, 0.717) is 0 Å². The summed E-state index contributed by atoms with van der Waals surface area (Å²) >= 11 is 5.81. The average molecular weight is 270 g/mol. The first kappa shape index (κ1) is 12.3. The van der Waals surface area contributed by atoms with Crippen LogP contribution in [0.5, 0.6) is 11.6 Å². The number of halogens is 2.